The van der Waals surface area contributed by atoms with E-state index in [1.807, 2.05) is 0 Å². The largest absolute Gasteiger partial charge is 0.477 e. The van der Waals surface area contributed by atoms with Crippen molar-refractivity contribution in [1.29, 1.82) is 0 Å². The Bertz CT molecular complexity index is 413. The van der Waals surface area contributed by atoms with Gasteiger partial charge in [0.25, 0.3) is 0 Å². The van der Waals surface area contributed by atoms with E-state index in [-0.39, 0.29) is 6.54 Å². The summed E-state index contributed by atoms with van der Waals surface area (Å²) in [4.78, 5) is 10.6. The van der Waals surface area contributed by atoms with Gasteiger partial charge in [0.1, 0.15) is 11.4 Å². The normalized spacial score (nSPS) is 11.8. The molecule has 1 aromatic rings. The Labute approximate surface area is 87.1 Å². The number of nitrogens with two attached hydrogens (primary N) is 1. The van der Waals surface area contributed by atoms with Gasteiger partial charge < -0.3 is 15.9 Å². The Morgan fingerprint density at radius 1 is 1.50 bits per heavy atom. The molecule has 1 aromatic heterocycles. The fourth-order valence-electron chi connectivity index (χ4n) is 1.15. The van der Waals surface area contributed by atoms with Crippen LogP contribution in [-0.2, 0) is 12.7 Å². The smallest absolute Gasteiger partial charge is 0.436 e. The second-order valence-electron chi connectivity index (χ2n) is 2.86. The highest BCUT2D eigenvalue weighted by Crippen LogP contribution is 2.33. The number of nitrogens with zero attached hydrogens (tertiary/aromatic N) is 2. The average Bonchev–Trinajstić information content (AvgIpc) is 2.44. The van der Waals surface area contributed by atoms with Gasteiger partial charge in [-0.1, -0.05) is 0 Å². The fourth-order valence-corrected chi connectivity index (χ4v) is 1.15. The molecule has 0 amide bonds. The maximum atomic E-state index is 12.4. The molecule has 16 heavy (non-hydrogen) atoms. The molecule has 0 aliphatic carbocycles. The summed E-state index contributed by atoms with van der Waals surface area (Å²) < 4.78 is 37.8. The molecule has 1 rings (SSSR count). The van der Waals surface area contributed by atoms with E-state index < -0.39 is 35.8 Å². The molecule has 0 aliphatic rings. The highest BCUT2D eigenvalue weighted by molar-refractivity contribution is 5.94. The Balaban J connectivity index is 3.37. The summed E-state index contributed by atoms with van der Waals surface area (Å²) in [7, 11) is 0. The molecule has 0 spiro atoms. The lowest BCUT2D eigenvalue weighted by atomic mass is 10.2. The molecule has 0 radical (unpaired) electrons. The number of alkyl halides is 3. The SMILES string of the molecule is Nc1c(C(=O)O)c(C(F)(F)F)nn1CCO. The van der Waals surface area contributed by atoms with Crippen molar-refractivity contribution < 1.29 is 28.2 Å². The Hall–Kier alpha value is -1.77. The molecule has 0 fully saturated rings. The first-order valence-corrected chi connectivity index (χ1v) is 4.06. The maximum Gasteiger partial charge on any atom is 0.436 e. The van der Waals surface area contributed by atoms with Crippen LogP contribution in [0.5, 0.6) is 0 Å². The number of aromatic nitrogens is 2. The Morgan fingerprint density at radius 3 is 2.38 bits per heavy atom. The van der Waals surface area contributed by atoms with Crippen LogP contribution in [0.2, 0.25) is 0 Å². The number of carboxylic acids is 1. The number of aromatic carboxylic acids is 1. The predicted octanol–water partition coefficient (Wildman–Crippen LogP) is 0.175. The van der Waals surface area contributed by atoms with E-state index in [9.17, 15) is 18.0 Å². The monoisotopic (exact) mass is 239 g/mol. The molecule has 90 valence electrons. The summed E-state index contributed by atoms with van der Waals surface area (Å²) >= 11 is 0. The average molecular weight is 239 g/mol. The van der Waals surface area contributed by atoms with Crippen molar-refractivity contribution in [1.82, 2.24) is 9.78 Å². The van der Waals surface area contributed by atoms with Gasteiger partial charge in [0, 0.05) is 0 Å². The van der Waals surface area contributed by atoms with Crippen LogP contribution in [0.1, 0.15) is 16.1 Å². The number of aliphatic hydroxyl groups is 1. The van der Waals surface area contributed by atoms with Gasteiger partial charge in [0.2, 0.25) is 0 Å². The summed E-state index contributed by atoms with van der Waals surface area (Å²) in [6.07, 6.45) is -4.90. The van der Waals surface area contributed by atoms with E-state index in [0.29, 0.717) is 4.68 Å². The number of hydrogen-bond acceptors (Lipinski definition) is 4. The second kappa shape index (κ2) is 4.00. The van der Waals surface area contributed by atoms with Gasteiger partial charge in [-0.25, -0.2) is 9.48 Å². The maximum absolute atomic E-state index is 12.4. The molecule has 1 heterocycles. The molecule has 0 unspecified atom stereocenters. The quantitative estimate of drug-likeness (QED) is 0.698. The zero-order chi connectivity index (χ0) is 12.5. The molecule has 0 aromatic carbocycles. The van der Waals surface area contributed by atoms with Crippen LogP contribution in [0.25, 0.3) is 0 Å². The van der Waals surface area contributed by atoms with Gasteiger partial charge in [0.05, 0.1) is 13.2 Å². The summed E-state index contributed by atoms with van der Waals surface area (Å²) in [5.41, 5.74) is 2.54. The lowest BCUT2D eigenvalue weighted by molar-refractivity contribution is -0.142. The highest BCUT2D eigenvalue weighted by Gasteiger charge is 2.41. The third kappa shape index (κ3) is 2.08. The van der Waals surface area contributed by atoms with E-state index in [4.69, 9.17) is 15.9 Å². The van der Waals surface area contributed by atoms with Gasteiger partial charge in [-0.2, -0.15) is 18.3 Å². The molecule has 0 aliphatic heterocycles. The van der Waals surface area contributed by atoms with E-state index in [1.165, 1.54) is 0 Å². The molecular weight excluding hydrogens is 231 g/mol. The zero-order valence-corrected chi connectivity index (χ0v) is 7.82. The Morgan fingerprint density at radius 2 is 2.06 bits per heavy atom. The van der Waals surface area contributed by atoms with Crippen LogP contribution in [-0.4, -0.2) is 32.6 Å². The third-order valence-electron chi connectivity index (χ3n) is 1.79. The van der Waals surface area contributed by atoms with Crippen molar-refractivity contribution in [3.8, 4) is 0 Å². The summed E-state index contributed by atoms with van der Waals surface area (Å²) in [5.74, 6) is -2.44. The summed E-state index contributed by atoms with van der Waals surface area (Å²) in [5, 5.41) is 20.2. The van der Waals surface area contributed by atoms with Crippen molar-refractivity contribution in [3.05, 3.63) is 11.3 Å². The summed E-state index contributed by atoms with van der Waals surface area (Å²) in [6.45, 7) is -0.801. The minimum atomic E-state index is -4.90. The predicted molar refractivity (Wildman–Crippen MR) is 45.7 cm³/mol. The summed E-state index contributed by atoms with van der Waals surface area (Å²) in [6, 6.07) is 0. The van der Waals surface area contributed by atoms with Crippen LogP contribution in [0.15, 0.2) is 0 Å². The standard InChI is InChI=1S/C7H8F3N3O3/c8-7(9,10)4-3(6(15)16)5(11)13(12-4)1-2-14/h14H,1-2,11H2,(H,15,16). The van der Waals surface area contributed by atoms with Crippen LogP contribution >= 0.6 is 0 Å². The number of hydrogen-bond donors (Lipinski definition) is 3. The Kier molecular flexibility index (Phi) is 3.08. The first kappa shape index (κ1) is 12.3. The van der Waals surface area contributed by atoms with Gasteiger partial charge in [-0.15, -0.1) is 0 Å². The third-order valence-corrected chi connectivity index (χ3v) is 1.79. The highest BCUT2D eigenvalue weighted by atomic mass is 19.4. The number of carbonyl (C=O) groups is 1. The number of halogens is 3. The lowest BCUT2D eigenvalue weighted by Crippen LogP contribution is -2.12. The number of nitrogen functional groups attached to an aromatic ring is 1. The fraction of sp³-hybridized carbons (Fsp3) is 0.429. The van der Waals surface area contributed by atoms with E-state index in [0.717, 1.165) is 0 Å². The van der Waals surface area contributed by atoms with Gasteiger partial charge in [-0.3, -0.25) is 0 Å². The van der Waals surface area contributed by atoms with Crippen molar-refractivity contribution in [3.63, 3.8) is 0 Å². The molecule has 0 bridgehead atoms. The zero-order valence-electron chi connectivity index (χ0n) is 7.82. The van der Waals surface area contributed by atoms with E-state index in [1.54, 1.807) is 0 Å². The van der Waals surface area contributed by atoms with Gasteiger partial charge >= 0.3 is 12.1 Å². The molecule has 9 heteroatoms. The minimum Gasteiger partial charge on any atom is -0.477 e. The van der Waals surface area contributed by atoms with E-state index in [2.05, 4.69) is 5.10 Å². The van der Waals surface area contributed by atoms with Crippen molar-refractivity contribution >= 4 is 11.8 Å². The second-order valence-corrected chi connectivity index (χ2v) is 2.86. The van der Waals surface area contributed by atoms with Gasteiger partial charge in [-0.05, 0) is 0 Å². The van der Waals surface area contributed by atoms with Crippen LogP contribution in [0, 0.1) is 0 Å². The molecular formula is C7H8F3N3O3. The molecule has 0 saturated heterocycles. The van der Waals surface area contributed by atoms with Crippen LogP contribution in [0.3, 0.4) is 0 Å². The van der Waals surface area contributed by atoms with Crippen LogP contribution < -0.4 is 5.73 Å². The topological polar surface area (TPSA) is 101 Å². The molecule has 6 nitrogen and oxygen atoms in total. The van der Waals surface area contributed by atoms with E-state index >= 15 is 0 Å². The number of aliphatic hydroxyl groups excluding tert-OH is 1. The number of anilines is 1. The number of carboxylic acid groups (broad SMARTS) is 1. The van der Waals surface area contributed by atoms with Gasteiger partial charge in [0.15, 0.2) is 5.69 Å². The van der Waals surface area contributed by atoms with Crippen LogP contribution in [0.4, 0.5) is 19.0 Å². The minimum absolute atomic E-state index is 0.303. The van der Waals surface area contributed by atoms with Crippen molar-refractivity contribution in [2.75, 3.05) is 12.3 Å². The first-order valence-electron chi connectivity index (χ1n) is 4.06. The van der Waals surface area contributed by atoms with Crippen molar-refractivity contribution in [2.24, 2.45) is 0 Å². The molecule has 0 saturated carbocycles. The molecule has 4 N–H and O–H groups in total. The van der Waals surface area contributed by atoms with Crippen molar-refractivity contribution in [2.45, 2.75) is 12.7 Å². The lowest BCUT2D eigenvalue weighted by Gasteiger charge is -2.02. The molecule has 0 atom stereocenters. The first-order chi connectivity index (χ1) is 7.29. The number of rotatable bonds is 3.